The summed E-state index contributed by atoms with van der Waals surface area (Å²) < 4.78 is 0. The molecular weight excluding hydrogens is 242 g/mol. The molecule has 0 bridgehead atoms. The van der Waals surface area contributed by atoms with E-state index in [0.29, 0.717) is 11.6 Å². The van der Waals surface area contributed by atoms with Gasteiger partial charge in [0.1, 0.15) is 0 Å². The molecule has 0 aromatic carbocycles. The van der Waals surface area contributed by atoms with E-state index >= 15 is 0 Å². The number of carbonyl (C=O) groups is 1. The van der Waals surface area contributed by atoms with Crippen LogP contribution in [0.2, 0.25) is 0 Å². The summed E-state index contributed by atoms with van der Waals surface area (Å²) in [7, 11) is 0. The lowest BCUT2D eigenvalue weighted by molar-refractivity contribution is 0.0713. The highest BCUT2D eigenvalue weighted by molar-refractivity contribution is 5.97. The molecule has 1 saturated carbocycles. The van der Waals surface area contributed by atoms with Gasteiger partial charge in [0, 0.05) is 6.20 Å². The van der Waals surface area contributed by atoms with Crippen LogP contribution < -0.4 is 11.1 Å². The van der Waals surface area contributed by atoms with Gasteiger partial charge < -0.3 is 16.2 Å². The van der Waals surface area contributed by atoms with E-state index in [4.69, 9.17) is 5.73 Å². The number of nitrogen functional groups attached to an aromatic ring is 1. The quantitative estimate of drug-likeness (QED) is 0.767. The minimum Gasteiger partial charge on any atom is -0.397 e. The lowest BCUT2D eigenvalue weighted by atomic mass is 9.77. The van der Waals surface area contributed by atoms with E-state index in [1.54, 1.807) is 18.3 Å². The van der Waals surface area contributed by atoms with Gasteiger partial charge in [-0.2, -0.15) is 0 Å². The Morgan fingerprint density at radius 2 is 2.26 bits per heavy atom. The number of anilines is 1. The number of nitrogens with zero attached hydrogens (tertiary/aromatic N) is 1. The second kappa shape index (κ2) is 5.57. The van der Waals surface area contributed by atoms with Gasteiger partial charge in [-0.05, 0) is 43.7 Å². The average molecular weight is 263 g/mol. The van der Waals surface area contributed by atoms with Gasteiger partial charge in [-0.1, -0.05) is 6.92 Å². The van der Waals surface area contributed by atoms with Crippen molar-refractivity contribution in [1.82, 2.24) is 10.3 Å². The zero-order valence-electron chi connectivity index (χ0n) is 11.2. The summed E-state index contributed by atoms with van der Waals surface area (Å²) in [6.45, 7) is 2.15. The van der Waals surface area contributed by atoms with Crippen LogP contribution in [0.1, 0.15) is 43.1 Å². The van der Waals surface area contributed by atoms with Gasteiger partial charge in [-0.25, -0.2) is 4.98 Å². The van der Waals surface area contributed by atoms with Crippen LogP contribution in [0.5, 0.6) is 0 Å². The number of nitrogens with two attached hydrogens (primary N) is 1. The number of aliphatic hydroxyl groups excluding tert-OH is 1. The van der Waals surface area contributed by atoms with E-state index in [0.717, 1.165) is 25.7 Å². The number of aromatic nitrogens is 1. The standard InChI is InChI=1S/C14H21N3O2/c1-10-4-6-14(9-18,7-5-10)17-13(19)12-11(15)3-2-8-16-12/h2-3,8,10,18H,4-7,9,15H2,1H3,(H,17,19). The number of nitrogens with one attached hydrogen (secondary N) is 1. The number of pyridine rings is 1. The van der Waals surface area contributed by atoms with Gasteiger partial charge in [0.25, 0.3) is 5.91 Å². The number of hydrogen-bond acceptors (Lipinski definition) is 4. The molecule has 1 heterocycles. The molecule has 0 radical (unpaired) electrons. The van der Waals surface area contributed by atoms with Crippen molar-refractivity contribution < 1.29 is 9.90 Å². The van der Waals surface area contributed by atoms with Crippen LogP contribution in [0.4, 0.5) is 5.69 Å². The van der Waals surface area contributed by atoms with E-state index in [2.05, 4.69) is 17.2 Å². The van der Waals surface area contributed by atoms with Crippen molar-refractivity contribution in [2.75, 3.05) is 12.3 Å². The van der Waals surface area contributed by atoms with Gasteiger partial charge in [0.2, 0.25) is 0 Å². The maximum atomic E-state index is 12.2. The van der Waals surface area contributed by atoms with Crippen molar-refractivity contribution in [2.45, 2.75) is 38.1 Å². The average Bonchev–Trinajstić information content (AvgIpc) is 2.42. The molecule has 5 heteroatoms. The molecule has 1 amide bonds. The monoisotopic (exact) mass is 263 g/mol. The Hall–Kier alpha value is -1.62. The summed E-state index contributed by atoms with van der Waals surface area (Å²) in [5.74, 6) is 0.346. The fourth-order valence-corrected chi connectivity index (χ4v) is 2.54. The molecule has 4 N–H and O–H groups in total. The summed E-state index contributed by atoms with van der Waals surface area (Å²) in [5.41, 5.74) is 5.82. The minimum atomic E-state index is -0.520. The van der Waals surface area contributed by atoms with Gasteiger partial charge in [0.05, 0.1) is 17.8 Å². The van der Waals surface area contributed by atoms with Crippen molar-refractivity contribution in [1.29, 1.82) is 0 Å². The molecule has 104 valence electrons. The lowest BCUT2D eigenvalue weighted by Crippen LogP contribution is -2.53. The Kier molecular flexibility index (Phi) is 4.04. The molecule has 0 saturated heterocycles. The zero-order chi connectivity index (χ0) is 13.9. The van der Waals surface area contributed by atoms with Gasteiger partial charge >= 0.3 is 0 Å². The van der Waals surface area contributed by atoms with Crippen LogP contribution in [-0.4, -0.2) is 28.1 Å². The second-order valence-electron chi connectivity index (χ2n) is 5.52. The highest BCUT2D eigenvalue weighted by Gasteiger charge is 2.35. The van der Waals surface area contributed by atoms with Crippen LogP contribution in [0.15, 0.2) is 18.3 Å². The predicted octanol–water partition coefficient (Wildman–Crippen LogP) is 1.33. The number of amides is 1. The number of aliphatic hydroxyl groups is 1. The Morgan fingerprint density at radius 1 is 1.58 bits per heavy atom. The lowest BCUT2D eigenvalue weighted by Gasteiger charge is -2.38. The molecule has 1 fully saturated rings. The fourth-order valence-electron chi connectivity index (χ4n) is 2.54. The number of carbonyl (C=O) groups excluding carboxylic acids is 1. The normalized spacial score (nSPS) is 26.9. The maximum absolute atomic E-state index is 12.2. The third kappa shape index (κ3) is 3.04. The third-order valence-electron chi connectivity index (χ3n) is 3.97. The maximum Gasteiger partial charge on any atom is 0.272 e. The molecule has 5 nitrogen and oxygen atoms in total. The first kappa shape index (κ1) is 13.8. The second-order valence-corrected chi connectivity index (χ2v) is 5.52. The van der Waals surface area contributed by atoms with Crippen molar-refractivity contribution >= 4 is 11.6 Å². The summed E-state index contributed by atoms with van der Waals surface area (Å²) in [6.07, 6.45) is 5.16. The van der Waals surface area contributed by atoms with E-state index in [9.17, 15) is 9.90 Å². The Balaban J connectivity index is 2.11. The Morgan fingerprint density at radius 3 is 2.84 bits per heavy atom. The molecule has 0 unspecified atom stereocenters. The molecule has 1 aliphatic carbocycles. The van der Waals surface area contributed by atoms with E-state index in [1.807, 2.05) is 0 Å². The van der Waals surface area contributed by atoms with Crippen LogP contribution in [0, 0.1) is 5.92 Å². The van der Waals surface area contributed by atoms with Crippen molar-refractivity contribution in [2.24, 2.45) is 5.92 Å². The SMILES string of the molecule is CC1CCC(CO)(NC(=O)c2ncccc2N)CC1. The van der Waals surface area contributed by atoms with Crippen molar-refractivity contribution in [3.05, 3.63) is 24.0 Å². The summed E-state index contributed by atoms with van der Waals surface area (Å²) in [4.78, 5) is 16.2. The summed E-state index contributed by atoms with van der Waals surface area (Å²) in [5, 5.41) is 12.6. The summed E-state index contributed by atoms with van der Waals surface area (Å²) >= 11 is 0. The van der Waals surface area contributed by atoms with Crippen LogP contribution in [0.25, 0.3) is 0 Å². The van der Waals surface area contributed by atoms with E-state index in [-0.39, 0.29) is 18.2 Å². The van der Waals surface area contributed by atoms with Gasteiger partial charge in [0.15, 0.2) is 5.69 Å². The van der Waals surface area contributed by atoms with Crippen LogP contribution >= 0.6 is 0 Å². The highest BCUT2D eigenvalue weighted by atomic mass is 16.3. The van der Waals surface area contributed by atoms with Crippen LogP contribution in [-0.2, 0) is 0 Å². The van der Waals surface area contributed by atoms with Crippen molar-refractivity contribution in [3.63, 3.8) is 0 Å². The molecule has 0 aliphatic heterocycles. The van der Waals surface area contributed by atoms with Gasteiger partial charge in [-0.3, -0.25) is 4.79 Å². The molecular formula is C14H21N3O2. The first-order valence-electron chi connectivity index (χ1n) is 6.70. The fraction of sp³-hybridized carbons (Fsp3) is 0.571. The Bertz CT molecular complexity index is 454. The zero-order valence-corrected chi connectivity index (χ0v) is 11.2. The highest BCUT2D eigenvalue weighted by Crippen LogP contribution is 2.31. The van der Waals surface area contributed by atoms with E-state index in [1.165, 1.54) is 0 Å². The smallest absolute Gasteiger partial charge is 0.272 e. The largest absolute Gasteiger partial charge is 0.397 e. The number of rotatable bonds is 3. The molecule has 19 heavy (non-hydrogen) atoms. The molecule has 2 rings (SSSR count). The number of hydrogen-bond donors (Lipinski definition) is 3. The van der Waals surface area contributed by atoms with E-state index < -0.39 is 5.54 Å². The molecule has 1 aromatic heterocycles. The molecule has 1 aromatic rings. The van der Waals surface area contributed by atoms with Gasteiger partial charge in [-0.15, -0.1) is 0 Å². The molecule has 1 aliphatic rings. The van der Waals surface area contributed by atoms with Crippen LogP contribution in [0.3, 0.4) is 0 Å². The first-order chi connectivity index (χ1) is 9.06. The predicted molar refractivity (Wildman–Crippen MR) is 73.6 cm³/mol. The molecule has 0 spiro atoms. The first-order valence-corrected chi connectivity index (χ1v) is 6.70. The molecule has 0 atom stereocenters. The summed E-state index contributed by atoms with van der Waals surface area (Å²) in [6, 6.07) is 3.34. The minimum absolute atomic E-state index is 0.0435. The van der Waals surface area contributed by atoms with Crippen molar-refractivity contribution in [3.8, 4) is 0 Å². The third-order valence-corrected chi connectivity index (χ3v) is 3.97. The topological polar surface area (TPSA) is 88.2 Å². The Labute approximate surface area is 113 Å².